The second-order valence-corrected chi connectivity index (χ2v) is 3.21. The minimum atomic E-state index is 0.605. The highest BCUT2D eigenvalue weighted by Gasteiger charge is 2.08. The predicted octanol–water partition coefficient (Wildman–Crippen LogP) is 2.38. The van der Waals surface area contributed by atoms with E-state index >= 15 is 0 Å². The van der Waals surface area contributed by atoms with Gasteiger partial charge >= 0.3 is 0 Å². The highest BCUT2D eigenvalue weighted by molar-refractivity contribution is 6.03. The molecule has 0 unspecified atom stereocenters. The molecule has 0 saturated heterocycles. The molecule has 0 aliphatic heterocycles. The summed E-state index contributed by atoms with van der Waals surface area (Å²) >= 11 is 0. The van der Waals surface area contributed by atoms with Crippen LogP contribution in [0.3, 0.4) is 0 Å². The van der Waals surface area contributed by atoms with Gasteiger partial charge in [0.05, 0.1) is 12.5 Å². The highest BCUT2D eigenvalue weighted by atomic mass is 16.5. The molecule has 4 heteroatoms. The number of methoxy groups -OCH3 is 1. The van der Waals surface area contributed by atoms with Crippen molar-refractivity contribution in [2.24, 2.45) is 0 Å². The molecule has 3 aromatic rings. The molecule has 0 aliphatic rings. The summed E-state index contributed by atoms with van der Waals surface area (Å²) in [5.41, 5.74) is 1.40. The van der Waals surface area contributed by atoms with Gasteiger partial charge in [0.25, 0.3) is 0 Å². The van der Waals surface area contributed by atoms with Crippen LogP contribution in [0.5, 0.6) is 5.75 Å². The van der Waals surface area contributed by atoms with Crippen LogP contribution in [-0.2, 0) is 0 Å². The second-order valence-electron chi connectivity index (χ2n) is 3.21. The molecule has 2 heterocycles. The van der Waals surface area contributed by atoms with Crippen molar-refractivity contribution in [1.29, 1.82) is 0 Å². The number of fused-ring (bicyclic) bond motifs is 3. The third kappa shape index (κ3) is 1.15. The van der Waals surface area contributed by atoms with Crippen molar-refractivity contribution in [3.8, 4) is 5.75 Å². The van der Waals surface area contributed by atoms with Crippen LogP contribution in [0, 0.1) is 0 Å². The number of hydrogen-bond acceptors (Lipinski definition) is 4. The summed E-state index contributed by atoms with van der Waals surface area (Å²) in [6.07, 6.45) is 3.22. The molecule has 2 aromatic heterocycles. The van der Waals surface area contributed by atoms with Gasteiger partial charge in [-0.1, -0.05) is 0 Å². The second kappa shape index (κ2) is 2.95. The molecule has 0 fully saturated rings. The number of aromatic nitrogens is 2. The van der Waals surface area contributed by atoms with Gasteiger partial charge in [0.1, 0.15) is 17.7 Å². The fraction of sp³-hybridized carbons (Fsp3) is 0.0909. The van der Waals surface area contributed by atoms with Crippen LogP contribution in [0.4, 0.5) is 0 Å². The van der Waals surface area contributed by atoms with Crippen molar-refractivity contribution in [3.63, 3.8) is 0 Å². The molecule has 0 spiro atoms. The fourth-order valence-electron chi connectivity index (χ4n) is 1.62. The molecule has 3 rings (SSSR count). The smallest absolute Gasteiger partial charge is 0.230 e. The summed E-state index contributed by atoms with van der Waals surface area (Å²) in [6, 6.07) is 5.65. The molecule has 0 saturated carbocycles. The largest absolute Gasteiger partial charge is 0.497 e. The van der Waals surface area contributed by atoms with E-state index in [0.717, 1.165) is 22.1 Å². The fourth-order valence-corrected chi connectivity index (χ4v) is 1.62. The normalized spacial score (nSPS) is 11.0. The van der Waals surface area contributed by atoms with Gasteiger partial charge in [-0.3, -0.25) is 0 Å². The Labute approximate surface area is 85.5 Å². The number of furan rings is 1. The first-order valence-electron chi connectivity index (χ1n) is 4.55. The number of ether oxygens (including phenoxy) is 1. The van der Waals surface area contributed by atoms with Crippen LogP contribution >= 0.6 is 0 Å². The van der Waals surface area contributed by atoms with Crippen molar-refractivity contribution in [2.45, 2.75) is 0 Å². The third-order valence-corrected chi connectivity index (χ3v) is 2.36. The van der Waals surface area contributed by atoms with Crippen molar-refractivity contribution in [3.05, 3.63) is 30.7 Å². The van der Waals surface area contributed by atoms with Crippen molar-refractivity contribution in [2.75, 3.05) is 7.11 Å². The first kappa shape index (κ1) is 8.23. The number of nitrogens with zero attached hydrogens (tertiary/aromatic N) is 2. The number of hydrogen-bond donors (Lipinski definition) is 0. The lowest BCUT2D eigenvalue weighted by molar-refractivity contribution is 0.415. The SMILES string of the molecule is COc1ccc2oc3ncncc3c2c1. The molecule has 0 amide bonds. The lowest BCUT2D eigenvalue weighted by atomic mass is 10.2. The maximum absolute atomic E-state index is 5.55. The first-order chi connectivity index (χ1) is 7.38. The molecule has 4 nitrogen and oxygen atoms in total. The van der Waals surface area contributed by atoms with E-state index < -0.39 is 0 Å². The van der Waals surface area contributed by atoms with E-state index in [1.165, 1.54) is 6.33 Å². The molecule has 1 aromatic carbocycles. The Kier molecular flexibility index (Phi) is 1.62. The van der Waals surface area contributed by atoms with Crippen LogP contribution in [0.15, 0.2) is 35.1 Å². The molecule has 74 valence electrons. The van der Waals surface area contributed by atoms with Gasteiger partial charge < -0.3 is 9.15 Å². The summed E-state index contributed by atoms with van der Waals surface area (Å²) in [4.78, 5) is 8.03. The Morgan fingerprint density at radius 2 is 2.20 bits per heavy atom. The molecule has 0 N–H and O–H groups in total. The van der Waals surface area contributed by atoms with Crippen LogP contribution < -0.4 is 4.74 Å². The van der Waals surface area contributed by atoms with Crippen molar-refractivity contribution in [1.82, 2.24) is 9.97 Å². The van der Waals surface area contributed by atoms with Gasteiger partial charge in [-0.05, 0) is 18.2 Å². The van der Waals surface area contributed by atoms with Crippen molar-refractivity contribution >= 4 is 22.1 Å². The van der Waals surface area contributed by atoms with E-state index in [9.17, 15) is 0 Å². The van der Waals surface area contributed by atoms with E-state index in [2.05, 4.69) is 9.97 Å². The Balaban J connectivity index is 2.46. The zero-order valence-corrected chi connectivity index (χ0v) is 8.10. The Morgan fingerprint density at radius 3 is 3.07 bits per heavy atom. The first-order valence-corrected chi connectivity index (χ1v) is 4.55. The predicted molar refractivity (Wildman–Crippen MR) is 55.9 cm³/mol. The lowest BCUT2D eigenvalue weighted by Gasteiger charge is -1.97. The maximum Gasteiger partial charge on any atom is 0.230 e. The summed E-state index contributed by atoms with van der Waals surface area (Å²) in [6.45, 7) is 0. The van der Waals surface area contributed by atoms with Gasteiger partial charge in [-0.2, -0.15) is 0 Å². The molecular formula is C11H8N2O2. The zero-order valence-electron chi connectivity index (χ0n) is 8.10. The van der Waals surface area contributed by atoms with E-state index in [1.807, 2.05) is 18.2 Å². The van der Waals surface area contributed by atoms with Gasteiger partial charge in [0.15, 0.2) is 0 Å². The summed E-state index contributed by atoms with van der Waals surface area (Å²) in [5, 5.41) is 1.89. The van der Waals surface area contributed by atoms with E-state index in [0.29, 0.717) is 5.71 Å². The quantitative estimate of drug-likeness (QED) is 0.605. The van der Waals surface area contributed by atoms with E-state index in [1.54, 1.807) is 13.3 Å². The minimum absolute atomic E-state index is 0.605. The monoisotopic (exact) mass is 200 g/mol. The summed E-state index contributed by atoms with van der Waals surface area (Å²) < 4.78 is 10.7. The van der Waals surface area contributed by atoms with Crippen LogP contribution in [0.2, 0.25) is 0 Å². The average molecular weight is 200 g/mol. The molecule has 0 atom stereocenters. The Morgan fingerprint density at radius 1 is 1.27 bits per heavy atom. The highest BCUT2D eigenvalue weighted by Crippen LogP contribution is 2.29. The van der Waals surface area contributed by atoms with Crippen LogP contribution in [-0.4, -0.2) is 17.1 Å². The molecular weight excluding hydrogens is 192 g/mol. The van der Waals surface area contributed by atoms with E-state index in [-0.39, 0.29) is 0 Å². The van der Waals surface area contributed by atoms with E-state index in [4.69, 9.17) is 9.15 Å². The van der Waals surface area contributed by atoms with Gasteiger partial charge in [-0.15, -0.1) is 0 Å². The summed E-state index contributed by atoms with van der Waals surface area (Å²) in [5.74, 6) is 0.800. The molecule has 0 radical (unpaired) electrons. The third-order valence-electron chi connectivity index (χ3n) is 2.36. The van der Waals surface area contributed by atoms with Gasteiger partial charge in [-0.25, -0.2) is 9.97 Å². The van der Waals surface area contributed by atoms with Crippen molar-refractivity contribution < 1.29 is 9.15 Å². The van der Waals surface area contributed by atoms with Gasteiger partial charge in [0.2, 0.25) is 5.71 Å². The molecule has 0 bridgehead atoms. The molecule has 15 heavy (non-hydrogen) atoms. The Bertz CT molecular complexity index is 631. The van der Waals surface area contributed by atoms with Crippen LogP contribution in [0.25, 0.3) is 22.1 Å². The van der Waals surface area contributed by atoms with Gasteiger partial charge in [0, 0.05) is 11.6 Å². The molecule has 0 aliphatic carbocycles. The maximum atomic E-state index is 5.55. The standard InChI is InChI=1S/C11H8N2O2/c1-14-7-2-3-10-8(4-7)9-5-12-6-13-11(9)15-10/h2-6H,1H3. The average Bonchev–Trinajstić information content (AvgIpc) is 2.66. The number of benzene rings is 1. The topological polar surface area (TPSA) is 48.2 Å². The zero-order chi connectivity index (χ0) is 10.3. The Hall–Kier alpha value is -2.10. The lowest BCUT2D eigenvalue weighted by Crippen LogP contribution is -1.80. The summed E-state index contributed by atoms with van der Waals surface area (Å²) in [7, 11) is 1.64. The number of rotatable bonds is 1. The van der Waals surface area contributed by atoms with Crippen LogP contribution in [0.1, 0.15) is 0 Å². The minimum Gasteiger partial charge on any atom is -0.497 e.